The monoisotopic (exact) mass is 294 g/mol. The van der Waals surface area contributed by atoms with Gasteiger partial charge in [0.1, 0.15) is 0 Å². The van der Waals surface area contributed by atoms with E-state index in [1.807, 2.05) is 12.1 Å². The summed E-state index contributed by atoms with van der Waals surface area (Å²) in [5.41, 5.74) is 1.26. The van der Waals surface area contributed by atoms with E-state index < -0.39 is 0 Å². The number of hydrogen-bond donors (Lipinski definition) is 1. The molecule has 0 unspecified atom stereocenters. The lowest BCUT2D eigenvalue weighted by atomic mass is 9.99. The predicted octanol–water partition coefficient (Wildman–Crippen LogP) is 1.94. The van der Waals surface area contributed by atoms with E-state index in [2.05, 4.69) is 30.7 Å². The van der Waals surface area contributed by atoms with E-state index in [4.69, 9.17) is 9.47 Å². The summed E-state index contributed by atoms with van der Waals surface area (Å²) >= 11 is 0. The van der Waals surface area contributed by atoms with Crippen LogP contribution >= 0.6 is 0 Å². The predicted molar refractivity (Wildman–Crippen MR) is 83.2 cm³/mol. The molecule has 1 aromatic rings. The number of ether oxygens (including phenoxy) is 2. The molecule has 1 aliphatic heterocycles. The van der Waals surface area contributed by atoms with Gasteiger partial charge in [0.15, 0.2) is 11.5 Å². The summed E-state index contributed by atoms with van der Waals surface area (Å²) in [7, 11) is 5.28. The summed E-state index contributed by atoms with van der Waals surface area (Å²) in [6.45, 7) is 8.44. The van der Waals surface area contributed by atoms with Crippen LogP contribution in [0.2, 0.25) is 0 Å². The molecule has 0 atom stereocenters. The van der Waals surface area contributed by atoms with Crippen LogP contribution < -0.4 is 9.47 Å². The molecule has 5 nitrogen and oxygen atoms in total. The molecule has 2 rings (SSSR count). The molecule has 0 saturated carbocycles. The highest BCUT2D eigenvalue weighted by Gasteiger charge is 2.31. The van der Waals surface area contributed by atoms with Crippen LogP contribution in [-0.4, -0.2) is 61.3 Å². The van der Waals surface area contributed by atoms with Gasteiger partial charge in [0.05, 0.1) is 14.2 Å². The standard InChI is InChI=1S/C16H26N2O3/c1-16(2)11-18(7-6-17(16)3)10-12-8-13(20-4)15(19)14(9-12)21-5/h8-9,19H,6-7,10-11H2,1-5H3. The molecule has 0 spiro atoms. The SMILES string of the molecule is COc1cc(CN2CCN(C)C(C)(C)C2)cc(OC)c1O. The Hall–Kier alpha value is -1.46. The molecule has 1 saturated heterocycles. The van der Waals surface area contributed by atoms with E-state index >= 15 is 0 Å². The molecule has 0 aromatic heterocycles. The highest BCUT2D eigenvalue weighted by atomic mass is 16.5. The molecule has 1 N–H and O–H groups in total. The van der Waals surface area contributed by atoms with Crippen molar-refractivity contribution in [2.75, 3.05) is 40.9 Å². The van der Waals surface area contributed by atoms with Crippen molar-refractivity contribution in [3.8, 4) is 17.2 Å². The number of rotatable bonds is 4. The van der Waals surface area contributed by atoms with Crippen molar-refractivity contribution < 1.29 is 14.6 Å². The molecule has 0 radical (unpaired) electrons. The fraction of sp³-hybridized carbons (Fsp3) is 0.625. The van der Waals surface area contributed by atoms with Gasteiger partial charge in [-0.05, 0) is 38.6 Å². The Morgan fingerprint density at radius 2 is 1.71 bits per heavy atom. The smallest absolute Gasteiger partial charge is 0.200 e. The molecule has 0 aliphatic carbocycles. The lowest BCUT2D eigenvalue weighted by Crippen LogP contribution is -2.57. The largest absolute Gasteiger partial charge is 0.502 e. The van der Waals surface area contributed by atoms with Gasteiger partial charge in [-0.1, -0.05) is 0 Å². The average molecular weight is 294 g/mol. The molecule has 0 bridgehead atoms. The van der Waals surface area contributed by atoms with Crippen LogP contribution in [0.4, 0.5) is 0 Å². The molecular weight excluding hydrogens is 268 g/mol. The van der Waals surface area contributed by atoms with Gasteiger partial charge in [-0.15, -0.1) is 0 Å². The van der Waals surface area contributed by atoms with E-state index in [-0.39, 0.29) is 11.3 Å². The third kappa shape index (κ3) is 3.41. The number of likely N-dealkylation sites (N-methyl/N-ethyl adjacent to an activating group) is 1. The maximum atomic E-state index is 9.97. The van der Waals surface area contributed by atoms with Crippen LogP contribution in [0.15, 0.2) is 12.1 Å². The number of benzene rings is 1. The molecule has 1 aromatic carbocycles. The Morgan fingerprint density at radius 3 is 2.19 bits per heavy atom. The number of phenols is 1. The van der Waals surface area contributed by atoms with Crippen molar-refractivity contribution >= 4 is 0 Å². The lowest BCUT2D eigenvalue weighted by Gasteiger charge is -2.45. The molecule has 21 heavy (non-hydrogen) atoms. The molecule has 1 fully saturated rings. The Bertz CT molecular complexity index is 477. The minimum absolute atomic E-state index is 0.0578. The van der Waals surface area contributed by atoms with Gasteiger partial charge >= 0.3 is 0 Å². The van der Waals surface area contributed by atoms with Crippen molar-refractivity contribution in [2.24, 2.45) is 0 Å². The Balaban J connectivity index is 2.16. The molecule has 118 valence electrons. The van der Waals surface area contributed by atoms with Crippen LogP contribution in [0.25, 0.3) is 0 Å². The Labute approximate surface area is 127 Å². The summed E-state index contributed by atoms with van der Waals surface area (Å²) < 4.78 is 10.4. The Kier molecular flexibility index (Phi) is 4.64. The van der Waals surface area contributed by atoms with Gasteiger partial charge in [-0.25, -0.2) is 0 Å². The molecule has 0 amide bonds. The van der Waals surface area contributed by atoms with E-state index in [1.54, 1.807) is 14.2 Å². The van der Waals surface area contributed by atoms with Gasteiger partial charge in [-0.2, -0.15) is 0 Å². The summed E-state index contributed by atoms with van der Waals surface area (Å²) in [4.78, 5) is 4.81. The van der Waals surface area contributed by atoms with Crippen molar-refractivity contribution in [1.29, 1.82) is 0 Å². The van der Waals surface area contributed by atoms with E-state index in [0.717, 1.165) is 31.7 Å². The van der Waals surface area contributed by atoms with E-state index in [1.165, 1.54) is 0 Å². The number of methoxy groups -OCH3 is 2. The van der Waals surface area contributed by atoms with E-state index in [9.17, 15) is 5.11 Å². The topological polar surface area (TPSA) is 45.2 Å². The lowest BCUT2D eigenvalue weighted by molar-refractivity contribution is 0.0359. The number of aromatic hydroxyl groups is 1. The van der Waals surface area contributed by atoms with Gasteiger partial charge < -0.3 is 14.6 Å². The van der Waals surface area contributed by atoms with Crippen molar-refractivity contribution in [3.05, 3.63) is 17.7 Å². The third-order valence-corrected chi connectivity index (χ3v) is 4.34. The first kappa shape index (κ1) is 15.9. The first-order valence-corrected chi connectivity index (χ1v) is 7.25. The van der Waals surface area contributed by atoms with E-state index in [0.29, 0.717) is 11.5 Å². The summed E-state index contributed by atoms with van der Waals surface area (Å²) in [6, 6.07) is 3.76. The minimum Gasteiger partial charge on any atom is -0.502 e. The second-order valence-corrected chi connectivity index (χ2v) is 6.29. The molecular formula is C16H26N2O3. The van der Waals surface area contributed by atoms with Crippen LogP contribution in [-0.2, 0) is 6.54 Å². The highest BCUT2D eigenvalue weighted by molar-refractivity contribution is 5.52. The number of phenolic OH excluding ortho intramolecular Hbond substituents is 1. The fourth-order valence-electron chi connectivity index (χ4n) is 2.77. The summed E-state index contributed by atoms with van der Waals surface area (Å²) in [5, 5.41) is 9.97. The fourth-order valence-corrected chi connectivity index (χ4v) is 2.77. The second-order valence-electron chi connectivity index (χ2n) is 6.29. The number of nitrogens with zero attached hydrogens (tertiary/aromatic N) is 2. The first-order chi connectivity index (χ1) is 9.87. The summed E-state index contributed by atoms with van der Waals surface area (Å²) in [5.74, 6) is 0.970. The maximum absolute atomic E-state index is 9.97. The normalized spacial score (nSPS) is 19.5. The molecule has 5 heteroatoms. The van der Waals surface area contributed by atoms with Gasteiger partial charge in [0.25, 0.3) is 0 Å². The maximum Gasteiger partial charge on any atom is 0.200 e. The highest BCUT2D eigenvalue weighted by Crippen LogP contribution is 2.37. The quantitative estimate of drug-likeness (QED) is 0.919. The molecule has 1 aliphatic rings. The summed E-state index contributed by atoms with van der Waals surface area (Å²) in [6.07, 6.45) is 0. The van der Waals surface area contributed by atoms with Crippen molar-refractivity contribution in [2.45, 2.75) is 25.9 Å². The van der Waals surface area contributed by atoms with Crippen LogP contribution in [0.1, 0.15) is 19.4 Å². The number of hydrogen-bond acceptors (Lipinski definition) is 5. The zero-order valence-electron chi connectivity index (χ0n) is 13.6. The Morgan fingerprint density at radius 1 is 1.14 bits per heavy atom. The van der Waals surface area contributed by atoms with Crippen LogP contribution in [0.3, 0.4) is 0 Å². The third-order valence-electron chi connectivity index (χ3n) is 4.34. The minimum atomic E-state index is 0.0578. The van der Waals surface area contributed by atoms with Gasteiger partial charge in [-0.3, -0.25) is 9.80 Å². The first-order valence-electron chi connectivity index (χ1n) is 7.25. The van der Waals surface area contributed by atoms with Crippen molar-refractivity contribution in [3.63, 3.8) is 0 Å². The van der Waals surface area contributed by atoms with Crippen molar-refractivity contribution in [1.82, 2.24) is 9.80 Å². The second kappa shape index (κ2) is 6.12. The zero-order valence-corrected chi connectivity index (χ0v) is 13.6. The van der Waals surface area contributed by atoms with Gasteiger partial charge in [0, 0.05) is 31.7 Å². The molecule has 1 heterocycles. The van der Waals surface area contributed by atoms with Gasteiger partial charge in [0.2, 0.25) is 5.75 Å². The van der Waals surface area contributed by atoms with Crippen LogP contribution in [0, 0.1) is 0 Å². The average Bonchev–Trinajstić information content (AvgIpc) is 2.44. The number of piperazine rings is 1. The van der Waals surface area contributed by atoms with Crippen LogP contribution in [0.5, 0.6) is 17.2 Å². The zero-order chi connectivity index (χ0) is 15.6.